The van der Waals surface area contributed by atoms with Crippen molar-refractivity contribution >= 4 is 22.5 Å². The number of piperidine rings is 2. The number of nitrogens with zero attached hydrogens (tertiary/aromatic N) is 4. The molecule has 0 bridgehead atoms. The topological polar surface area (TPSA) is 90.6 Å². The number of amides is 1. The number of likely N-dealkylation sites (tertiary alicyclic amines) is 2. The number of pyridine rings is 1. The number of aromatic amines is 1. The van der Waals surface area contributed by atoms with Crippen molar-refractivity contribution in [2.45, 2.75) is 45.3 Å². The smallest absolute Gasteiger partial charge is 0.229 e. The number of rotatable bonds is 6. The number of allylic oxidation sites excluding steroid dienone is 1. The molecule has 3 aromatic rings. The van der Waals surface area contributed by atoms with Crippen molar-refractivity contribution in [3.8, 4) is 0 Å². The minimum absolute atomic E-state index is 0.00716. The molecule has 2 fully saturated rings. The van der Waals surface area contributed by atoms with Gasteiger partial charge in [0.25, 0.3) is 0 Å². The van der Waals surface area contributed by atoms with E-state index < -0.39 is 0 Å². The van der Waals surface area contributed by atoms with Crippen molar-refractivity contribution in [2.75, 3.05) is 19.6 Å². The Balaban J connectivity index is 1.26. The van der Waals surface area contributed by atoms with Crippen LogP contribution in [0.2, 0.25) is 0 Å². The fourth-order valence-electron chi connectivity index (χ4n) is 5.67. The first-order valence-electron chi connectivity index (χ1n) is 12.5. The van der Waals surface area contributed by atoms with E-state index in [1.165, 1.54) is 17.1 Å². The Morgan fingerprint density at radius 1 is 1.17 bits per heavy atom. The van der Waals surface area contributed by atoms with Gasteiger partial charge in [-0.25, -0.2) is 0 Å². The van der Waals surface area contributed by atoms with Crippen LogP contribution in [0, 0.1) is 5.41 Å². The van der Waals surface area contributed by atoms with Crippen LogP contribution in [0.3, 0.4) is 0 Å². The predicted octanol–water partition coefficient (Wildman–Crippen LogP) is 4.08. The van der Waals surface area contributed by atoms with Gasteiger partial charge >= 0.3 is 0 Å². The summed E-state index contributed by atoms with van der Waals surface area (Å²) >= 11 is 0. The van der Waals surface area contributed by atoms with E-state index in [0.29, 0.717) is 12.5 Å². The molecule has 2 saturated heterocycles. The molecule has 1 spiro atoms. The largest absolute Gasteiger partial charge is 0.405 e. The van der Waals surface area contributed by atoms with Gasteiger partial charge in [-0.2, -0.15) is 0 Å². The third kappa shape index (κ3) is 4.73. The lowest BCUT2D eigenvalue weighted by molar-refractivity contribution is -0.151. The van der Waals surface area contributed by atoms with E-state index in [1.54, 1.807) is 12.4 Å². The lowest BCUT2D eigenvalue weighted by atomic mass is 9.71. The number of para-hydroxylation sites is 1. The summed E-state index contributed by atoms with van der Waals surface area (Å²) in [6.45, 7) is 5.37. The molecule has 35 heavy (non-hydrogen) atoms. The molecule has 1 atom stereocenters. The first-order valence-corrected chi connectivity index (χ1v) is 12.5. The molecule has 1 amide bonds. The molecule has 7 nitrogen and oxygen atoms in total. The second kappa shape index (κ2) is 10.0. The number of carbonyl (C=O) groups is 1. The Kier molecular flexibility index (Phi) is 6.68. The average molecular weight is 471 g/mol. The highest BCUT2D eigenvalue weighted by atomic mass is 16.2. The number of nitrogens with one attached hydrogen (secondary N) is 1. The summed E-state index contributed by atoms with van der Waals surface area (Å²) in [5.41, 5.74) is 9.61. The predicted molar refractivity (Wildman–Crippen MR) is 140 cm³/mol. The normalized spacial score (nSPS) is 20.2. The van der Waals surface area contributed by atoms with E-state index in [4.69, 9.17) is 10.7 Å². The molecule has 2 aliphatic heterocycles. The summed E-state index contributed by atoms with van der Waals surface area (Å²) in [7, 11) is 0. The van der Waals surface area contributed by atoms with E-state index >= 15 is 0 Å². The number of H-pyrrole nitrogens is 1. The molecular formula is C28H34N6O. The molecule has 3 N–H and O–H groups in total. The Morgan fingerprint density at radius 2 is 1.94 bits per heavy atom. The summed E-state index contributed by atoms with van der Waals surface area (Å²) in [5.74, 6) is 0.327. The van der Waals surface area contributed by atoms with Gasteiger partial charge in [0.1, 0.15) is 0 Å². The van der Waals surface area contributed by atoms with Crippen molar-refractivity contribution in [3.05, 3.63) is 78.4 Å². The molecular weight excluding hydrogens is 436 g/mol. The molecule has 4 heterocycles. The van der Waals surface area contributed by atoms with E-state index in [1.807, 2.05) is 24.3 Å². The van der Waals surface area contributed by atoms with Gasteiger partial charge in [-0.3, -0.25) is 19.7 Å². The van der Waals surface area contributed by atoms with Crippen molar-refractivity contribution in [1.82, 2.24) is 19.8 Å². The van der Waals surface area contributed by atoms with Crippen LogP contribution in [0.15, 0.2) is 72.3 Å². The number of nitrogens with two attached hydrogens (primary N) is 1. The van der Waals surface area contributed by atoms with Crippen LogP contribution >= 0.6 is 0 Å². The van der Waals surface area contributed by atoms with E-state index in [9.17, 15) is 4.79 Å². The summed E-state index contributed by atoms with van der Waals surface area (Å²) in [5, 5.41) is 1.21. The zero-order chi connectivity index (χ0) is 24.3. The molecule has 5 rings (SSSR count). The zero-order valence-electron chi connectivity index (χ0n) is 20.4. The SMILES string of the molecule is CC(/N=C(\C=C/N)c1ccncc1)N1CCC2(CCCN(Cc3c[nH]c4ccccc34)C2=O)CC1. The number of hydrogen-bond acceptors (Lipinski definition) is 5. The number of benzene rings is 1. The van der Waals surface area contributed by atoms with Gasteiger partial charge in [-0.15, -0.1) is 0 Å². The summed E-state index contributed by atoms with van der Waals surface area (Å²) < 4.78 is 0. The maximum absolute atomic E-state index is 13.7. The number of hydrogen-bond donors (Lipinski definition) is 2. The van der Waals surface area contributed by atoms with Crippen molar-refractivity contribution in [2.24, 2.45) is 16.1 Å². The Hall–Kier alpha value is -3.45. The molecule has 0 aliphatic carbocycles. The van der Waals surface area contributed by atoms with Crippen LogP contribution in [0.25, 0.3) is 10.9 Å². The second-order valence-electron chi connectivity index (χ2n) is 9.75. The van der Waals surface area contributed by atoms with Gasteiger partial charge in [0.2, 0.25) is 5.91 Å². The molecule has 182 valence electrons. The van der Waals surface area contributed by atoms with E-state index in [0.717, 1.165) is 62.1 Å². The number of fused-ring (bicyclic) bond motifs is 1. The van der Waals surface area contributed by atoms with Gasteiger partial charge in [-0.05, 0) is 68.6 Å². The lowest BCUT2D eigenvalue weighted by Gasteiger charge is -2.47. The first kappa shape index (κ1) is 23.3. The van der Waals surface area contributed by atoms with Gasteiger partial charge in [-0.1, -0.05) is 18.2 Å². The number of carbonyl (C=O) groups excluding carboxylic acids is 1. The summed E-state index contributed by atoms with van der Waals surface area (Å²) in [4.78, 5) is 30.6. The highest BCUT2D eigenvalue weighted by Crippen LogP contribution is 2.42. The third-order valence-electron chi connectivity index (χ3n) is 7.70. The summed E-state index contributed by atoms with van der Waals surface area (Å²) in [6, 6.07) is 12.2. The van der Waals surface area contributed by atoms with Gasteiger partial charge < -0.3 is 15.6 Å². The van der Waals surface area contributed by atoms with Crippen LogP contribution in [0.4, 0.5) is 0 Å². The zero-order valence-corrected chi connectivity index (χ0v) is 20.4. The fraction of sp³-hybridized carbons (Fsp3) is 0.393. The van der Waals surface area contributed by atoms with Crippen molar-refractivity contribution < 1.29 is 4.79 Å². The highest BCUT2D eigenvalue weighted by molar-refractivity contribution is 6.08. The van der Waals surface area contributed by atoms with Crippen molar-refractivity contribution in [1.29, 1.82) is 0 Å². The van der Waals surface area contributed by atoms with Crippen LogP contribution in [0.1, 0.15) is 43.7 Å². The molecule has 7 heteroatoms. The third-order valence-corrected chi connectivity index (χ3v) is 7.70. The van der Waals surface area contributed by atoms with Gasteiger partial charge in [0.15, 0.2) is 0 Å². The molecule has 2 aromatic heterocycles. The van der Waals surface area contributed by atoms with Crippen LogP contribution in [-0.4, -0.2) is 57.2 Å². The monoisotopic (exact) mass is 470 g/mol. The number of aliphatic imine (C=N–C) groups is 1. The molecule has 0 radical (unpaired) electrons. The van der Waals surface area contributed by atoms with Gasteiger partial charge in [0, 0.05) is 61.2 Å². The van der Waals surface area contributed by atoms with Crippen LogP contribution in [0.5, 0.6) is 0 Å². The minimum Gasteiger partial charge on any atom is -0.405 e. The minimum atomic E-state index is -0.241. The highest BCUT2D eigenvalue weighted by Gasteiger charge is 2.46. The van der Waals surface area contributed by atoms with Crippen LogP contribution < -0.4 is 5.73 Å². The average Bonchev–Trinajstić information content (AvgIpc) is 3.30. The lowest BCUT2D eigenvalue weighted by Crippen LogP contribution is -2.54. The first-order chi connectivity index (χ1) is 17.1. The maximum Gasteiger partial charge on any atom is 0.229 e. The summed E-state index contributed by atoms with van der Waals surface area (Å²) in [6.07, 6.45) is 12.8. The maximum atomic E-state index is 13.7. The standard InChI is InChI=1S/C28H34N6O/c1-21(32-25(7-13-29)22-8-14-30-15-9-22)33-17-11-28(12-18-33)10-4-16-34(27(28)35)20-23-19-31-26-6-3-2-5-24(23)26/h2-3,5-9,13-15,19,21,31H,4,10-12,16-18,20,29H2,1H3/b13-7-,32-25+. The Bertz CT molecular complexity index is 1220. The number of aromatic nitrogens is 2. The second-order valence-corrected chi connectivity index (χ2v) is 9.75. The molecule has 1 aromatic carbocycles. The molecule has 1 unspecified atom stereocenters. The van der Waals surface area contributed by atoms with Crippen molar-refractivity contribution in [3.63, 3.8) is 0 Å². The Labute approximate surface area is 206 Å². The van der Waals surface area contributed by atoms with Crippen LogP contribution in [-0.2, 0) is 11.3 Å². The fourth-order valence-corrected chi connectivity index (χ4v) is 5.67. The Morgan fingerprint density at radius 3 is 2.71 bits per heavy atom. The molecule has 0 saturated carbocycles. The quantitative estimate of drug-likeness (QED) is 0.531. The molecule has 2 aliphatic rings. The van der Waals surface area contributed by atoms with E-state index in [2.05, 4.69) is 51.1 Å². The van der Waals surface area contributed by atoms with E-state index in [-0.39, 0.29) is 11.6 Å². The van der Waals surface area contributed by atoms with Gasteiger partial charge in [0.05, 0.1) is 17.3 Å².